The molecule has 150 valence electrons. The molecule has 5 rings (SSSR count). The van der Waals surface area contributed by atoms with Gasteiger partial charge in [-0.3, -0.25) is 14.0 Å². The van der Waals surface area contributed by atoms with E-state index >= 15 is 0 Å². The number of amides is 1. The summed E-state index contributed by atoms with van der Waals surface area (Å²) in [6, 6.07) is 15.2. The topological polar surface area (TPSA) is 85.6 Å². The number of ether oxygens (including phenoxy) is 1. The van der Waals surface area contributed by atoms with Gasteiger partial charge in [-0.25, -0.2) is 0 Å². The van der Waals surface area contributed by atoms with Crippen molar-refractivity contribution in [1.29, 1.82) is 0 Å². The summed E-state index contributed by atoms with van der Waals surface area (Å²) in [6.45, 7) is 3.88. The molecule has 0 bridgehead atoms. The number of aromatic nitrogens is 3. The molecule has 1 amide bonds. The second kappa shape index (κ2) is 7.14. The number of hydrogen-bond acceptors (Lipinski definition) is 6. The second-order valence-electron chi connectivity index (χ2n) is 7.19. The van der Waals surface area contributed by atoms with Gasteiger partial charge < -0.3 is 10.1 Å². The van der Waals surface area contributed by atoms with Crippen LogP contribution in [0.25, 0.3) is 16.6 Å². The lowest BCUT2D eigenvalue weighted by Crippen LogP contribution is -2.25. The molecule has 2 aromatic heterocycles. The van der Waals surface area contributed by atoms with E-state index in [9.17, 15) is 9.59 Å². The average molecular weight is 418 g/mol. The number of aryl methyl sites for hydroxylation is 1. The number of thioether (sulfide) groups is 1. The lowest BCUT2D eigenvalue weighted by molar-refractivity contribution is -0.118. The van der Waals surface area contributed by atoms with Crippen LogP contribution in [0.3, 0.4) is 0 Å². The number of Topliss-reactive ketones (excluding diaryl/α,β-unsaturated/α-hetero) is 1. The van der Waals surface area contributed by atoms with Crippen LogP contribution >= 0.6 is 11.8 Å². The van der Waals surface area contributed by atoms with Gasteiger partial charge in [0.25, 0.3) is 5.91 Å². The predicted molar refractivity (Wildman–Crippen MR) is 115 cm³/mol. The highest BCUT2D eigenvalue weighted by atomic mass is 32.2. The fraction of sp³-hybridized carbons (Fsp3) is 0.182. The molecule has 1 aliphatic rings. The molecule has 0 saturated heterocycles. The Balaban J connectivity index is 1.47. The SMILES string of the molecule is Cc1cc2nnc(SC(C)C(=O)c3ccc4c(c3)NC(=O)CO4)n2c2ccccc12. The van der Waals surface area contributed by atoms with Crippen LogP contribution in [0.15, 0.2) is 53.7 Å². The molecule has 0 saturated carbocycles. The number of rotatable bonds is 4. The van der Waals surface area contributed by atoms with Gasteiger partial charge in [0.15, 0.2) is 23.2 Å². The van der Waals surface area contributed by atoms with Gasteiger partial charge in [-0.05, 0) is 49.7 Å². The molecule has 0 radical (unpaired) electrons. The van der Waals surface area contributed by atoms with Gasteiger partial charge in [0, 0.05) is 10.9 Å². The average Bonchev–Trinajstić information content (AvgIpc) is 3.15. The van der Waals surface area contributed by atoms with Gasteiger partial charge in [0.2, 0.25) is 0 Å². The Kier molecular flexibility index (Phi) is 4.43. The second-order valence-corrected chi connectivity index (χ2v) is 8.50. The van der Waals surface area contributed by atoms with Crippen molar-refractivity contribution in [3.05, 3.63) is 59.7 Å². The van der Waals surface area contributed by atoms with Crippen LogP contribution in [0.2, 0.25) is 0 Å². The van der Waals surface area contributed by atoms with Crippen molar-refractivity contribution in [2.24, 2.45) is 0 Å². The van der Waals surface area contributed by atoms with Crippen LogP contribution in [0.4, 0.5) is 5.69 Å². The first kappa shape index (κ1) is 18.6. The molecule has 4 aromatic rings. The van der Waals surface area contributed by atoms with E-state index < -0.39 is 5.25 Å². The smallest absolute Gasteiger partial charge is 0.262 e. The molecule has 7 nitrogen and oxygen atoms in total. The number of nitrogens with zero attached hydrogens (tertiary/aromatic N) is 3. The molecular weight excluding hydrogens is 400 g/mol. The number of pyridine rings is 1. The molecule has 0 aliphatic carbocycles. The number of hydrogen-bond donors (Lipinski definition) is 1. The summed E-state index contributed by atoms with van der Waals surface area (Å²) in [5.74, 6) is 0.277. The van der Waals surface area contributed by atoms with E-state index in [1.54, 1.807) is 18.2 Å². The Bertz CT molecular complexity index is 1330. The summed E-state index contributed by atoms with van der Waals surface area (Å²) in [5, 5.41) is 12.8. The van der Waals surface area contributed by atoms with Gasteiger partial charge >= 0.3 is 0 Å². The maximum absolute atomic E-state index is 13.1. The quantitative estimate of drug-likeness (QED) is 0.400. The lowest BCUT2D eigenvalue weighted by atomic mass is 10.1. The number of nitrogens with one attached hydrogen (secondary N) is 1. The maximum Gasteiger partial charge on any atom is 0.262 e. The molecule has 0 spiro atoms. The Morgan fingerprint density at radius 2 is 2.03 bits per heavy atom. The number of carbonyl (C=O) groups excluding carboxylic acids is 2. The predicted octanol–water partition coefficient (Wildman–Crippen LogP) is 3.89. The Hall–Kier alpha value is -3.39. The van der Waals surface area contributed by atoms with Crippen LogP contribution in [0, 0.1) is 6.92 Å². The van der Waals surface area contributed by atoms with Crippen LogP contribution in [-0.4, -0.2) is 38.1 Å². The van der Waals surface area contributed by atoms with E-state index in [4.69, 9.17) is 4.74 Å². The molecule has 1 aliphatic heterocycles. The molecule has 8 heteroatoms. The number of benzene rings is 2. The standard InChI is InChI=1S/C22H18N4O3S/c1-12-9-19-24-25-22(26(19)17-6-4-3-5-15(12)17)30-13(2)21(28)14-7-8-18-16(10-14)23-20(27)11-29-18/h3-10,13H,11H2,1-2H3,(H,23,27). The van der Waals surface area contributed by atoms with E-state index in [0.29, 0.717) is 22.2 Å². The molecule has 0 fully saturated rings. The summed E-state index contributed by atoms with van der Waals surface area (Å²) in [4.78, 5) is 24.6. The van der Waals surface area contributed by atoms with E-state index in [-0.39, 0.29) is 18.3 Å². The fourth-order valence-electron chi connectivity index (χ4n) is 3.63. The van der Waals surface area contributed by atoms with Crippen molar-refractivity contribution in [1.82, 2.24) is 14.6 Å². The van der Waals surface area contributed by atoms with Gasteiger partial charge in [-0.1, -0.05) is 30.0 Å². The number of anilines is 1. The summed E-state index contributed by atoms with van der Waals surface area (Å²) in [7, 11) is 0. The van der Waals surface area contributed by atoms with E-state index in [1.165, 1.54) is 11.8 Å². The summed E-state index contributed by atoms with van der Waals surface area (Å²) in [6.07, 6.45) is 0. The zero-order valence-electron chi connectivity index (χ0n) is 16.4. The largest absolute Gasteiger partial charge is 0.482 e. The van der Waals surface area contributed by atoms with Crippen molar-refractivity contribution in [3.63, 3.8) is 0 Å². The van der Waals surface area contributed by atoms with Crippen molar-refractivity contribution < 1.29 is 14.3 Å². The molecule has 30 heavy (non-hydrogen) atoms. The highest BCUT2D eigenvalue weighted by Gasteiger charge is 2.23. The van der Waals surface area contributed by atoms with Crippen molar-refractivity contribution in [2.75, 3.05) is 11.9 Å². The van der Waals surface area contributed by atoms with Crippen LogP contribution < -0.4 is 10.1 Å². The van der Waals surface area contributed by atoms with Crippen LogP contribution in [0.1, 0.15) is 22.8 Å². The van der Waals surface area contributed by atoms with E-state index in [0.717, 1.165) is 22.1 Å². The third-order valence-corrected chi connectivity index (χ3v) is 6.16. The number of fused-ring (bicyclic) bond motifs is 4. The Labute approximate surface area is 176 Å². The van der Waals surface area contributed by atoms with Crippen molar-refractivity contribution >= 4 is 45.7 Å². The minimum absolute atomic E-state index is 0.0140. The zero-order chi connectivity index (χ0) is 20.8. The Morgan fingerprint density at radius 3 is 2.90 bits per heavy atom. The first-order valence-electron chi connectivity index (χ1n) is 9.52. The highest BCUT2D eigenvalue weighted by molar-refractivity contribution is 8.00. The van der Waals surface area contributed by atoms with Gasteiger partial charge in [0.1, 0.15) is 5.75 Å². The van der Waals surface area contributed by atoms with Gasteiger partial charge in [-0.2, -0.15) is 0 Å². The summed E-state index contributed by atoms with van der Waals surface area (Å²) in [5.41, 5.74) is 3.91. The highest BCUT2D eigenvalue weighted by Crippen LogP contribution is 2.32. The molecule has 1 unspecified atom stereocenters. The minimum Gasteiger partial charge on any atom is -0.482 e. The fourth-order valence-corrected chi connectivity index (χ4v) is 4.58. The number of ketones is 1. The zero-order valence-corrected chi connectivity index (χ0v) is 17.2. The summed E-state index contributed by atoms with van der Waals surface area (Å²) >= 11 is 1.36. The minimum atomic E-state index is -0.393. The third-order valence-electron chi connectivity index (χ3n) is 5.12. The van der Waals surface area contributed by atoms with Gasteiger partial charge in [0.05, 0.1) is 16.5 Å². The van der Waals surface area contributed by atoms with Crippen LogP contribution in [0.5, 0.6) is 5.75 Å². The van der Waals surface area contributed by atoms with E-state index in [2.05, 4.69) is 28.5 Å². The van der Waals surface area contributed by atoms with Gasteiger partial charge in [-0.15, -0.1) is 10.2 Å². The van der Waals surface area contributed by atoms with Crippen LogP contribution in [-0.2, 0) is 4.79 Å². The Morgan fingerprint density at radius 1 is 1.20 bits per heavy atom. The molecule has 1 atom stereocenters. The first-order chi connectivity index (χ1) is 14.5. The number of carbonyl (C=O) groups is 2. The lowest BCUT2D eigenvalue weighted by Gasteiger charge is -2.19. The summed E-state index contributed by atoms with van der Waals surface area (Å²) < 4.78 is 7.35. The normalized spacial score (nSPS) is 14.3. The van der Waals surface area contributed by atoms with Crippen molar-refractivity contribution in [2.45, 2.75) is 24.3 Å². The first-order valence-corrected chi connectivity index (χ1v) is 10.4. The molecule has 2 aromatic carbocycles. The maximum atomic E-state index is 13.1. The monoisotopic (exact) mass is 418 g/mol. The number of para-hydroxylation sites is 1. The van der Waals surface area contributed by atoms with E-state index in [1.807, 2.05) is 35.6 Å². The van der Waals surface area contributed by atoms with Crippen molar-refractivity contribution in [3.8, 4) is 5.75 Å². The third kappa shape index (κ3) is 3.09. The molecule has 1 N–H and O–H groups in total. The molecule has 3 heterocycles. The molecular formula is C22H18N4O3S.